The van der Waals surface area contributed by atoms with Gasteiger partial charge in [0.05, 0.1) is 6.07 Å². The average Bonchev–Trinajstić information content (AvgIpc) is 2.59. The molecule has 3 heteroatoms. The summed E-state index contributed by atoms with van der Waals surface area (Å²) in [5.41, 5.74) is 1.05. The summed E-state index contributed by atoms with van der Waals surface area (Å²) < 4.78 is 5.80. The number of piperidine rings is 1. The van der Waals surface area contributed by atoms with E-state index in [2.05, 4.69) is 11.0 Å². The SMILES string of the molecule is N#CC(c1ccc(Oc2ccccc2)cc1)N1CCCCC1. The Bertz CT molecular complexity index is 625. The van der Waals surface area contributed by atoms with Gasteiger partial charge in [0, 0.05) is 0 Å². The summed E-state index contributed by atoms with van der Waals surface area (Å²) in [5, 5.41) is 9.51. The van der Waals surface area contributed by atoms with Crippen LogP contribution in [0.25, 0.3) is 0 Å². The number of nitrogens with zero attached hydrogens (tertiary/aromatic N) is 2. The Balaban J connectivity index is 1.71. The second-order valence-electron chi connectivity index (χ2n) is 5.61. The fraction of sp³-hybridized carbons (Fsp3) is 0.316. The Hall–Kier alpha value is -2.31. The van der Waals surface area contributed by atoms with Crippen molar-refractivity contribution in [1.82, 2.24) is 4.90 Å². The van der Waals surface area contributed by atoms with E-state index in [1.807, 2.05) is 54.6 Å². The molecule has 0 N–H and O–H groups in total. The standard InChI is InChI=1S/C19H20N2O/c20-15-19(21-13-5-2-6-14-21)16-9-11-18(12-10-16)22-17-7-3-1-4-8-17/h1,3-4,7-12,19H,2,5-6,13-14H2. The van der Waals surface area contributed by atoms with Crippen LogP contribution in [0.2, 0.25) is 0 Å². The second-order valence-corrected chi connectivity index (χ2v) is 5.61. The second kappa shape index (κ2) is 7.11. The van der Waals surface area contributed by atoms with E-state index >= 15 is 0 Å². The molecule has 1 atom stereocenters. The van der Waals surface area contributed by atoms with E-state index in [1.165, 1.54) is 19.3 Å². The van der Waals surface area contributed by atoms with Gasteiger partial charge in [-0.25, -0.2) is 0 Å². The lowest BCUT2D eigenvalue weighted by Gasteiger charge is -2.30. The molecule has 0 saturated carbocycles. The van der Waals surface area contributed by atoms with E-state index in [1.54, 1.807) is 0 Å². The van der Waals surface area contributed by atoms with Crippen molar-refractivity contribution in [2.45, 2.75) is 25.3 Å². The van der Waals surface area contributed by atoms with Gasteiger partial charge in [0.15, 0.2) is 0 Å². The molecule has 2 aromatic carbocycles. The van der Waals surface area contributed by atoms with Crippen molar-refractivity contribution in [3.05, 3.63) is 60.2 Å². The highest BCUT2D eigenvalue weighted by atomic mass is 16.5. The molecule has 3 rings (SSSR count). The third kappa shape index (κ3) is 3.47. The van der Waals surface area contributed by atoms with Crippen LogP contribution in [0.4, 0.5) is 0 Å². The highest BCUT2D eigenvalue weighted by molar-refractivity contribution is 5.35. The van der Waals surface area contributed by atoms with Crippen LogP contribution in [0.3, 0.4) is 0 Å². The summed E-state index contributed by atoms with van der Waals surface area (Å²) in [5.74, 6) is 1.62. The lowest BCUT2D eigenvalue weighted by atomic mass is 10.0. The maximum absolute atomic E-state index is 9.51. The van der Waals surface area contributed by atoms with Gasteiger partial charge in [-0.3, -0.25) is 4.90 Å². The first-order valence-electron chi connectivity index (χ1n) is 7.83. The molecule has 1 heterocycles. The van der Waals surface area contributed by atoms with Crippen LogP contribution in [0, 0.1) is 11.3 Å². The number of benzene rings is 2. The molecule has 1 saturated heterocycles. The minimum absolute atomic E-state index is 0.147. The van der Waals surface area contributed by atoms with Gasteiger partial charge in [-0.05, 0) is 55.8 Å². The highest BCUT2D eigenvalue weighted by Crippen LogP contribution is 2.27. The molecule has 0 amide bonds. The van der Waals surface area contributed by atoms with E-state index in [4.69, 9.17) is 4.74 Å². The summed E-state index contributed by atoms with van der Waals surface area (Å²) in [6, 6.07) is 19.9. The first-order valence-corrected chi connectivity index (χ1v) is 7.83. The normalized spacial score (nSPS) is 16.7. The van der Waals surface area contributed by atoms with E-state index in [9.17, 15) is 5.26 Å². The van der Waals surface area contributed by atoms with Gasteiger partial charge >= 0.3 is 0 Å². The zero-order valence-corrected chi connectivity index (χ0v) is 12.6. The van der Waals surface area contributed by atoms with Crippen molar-refractivity contribution in [2.24, 2.45) is 0 Å². The van der Waals surface area contributed by atoms with Gasteiger partial charge in [0.2, 0.25) is 0 Å². The van der Waals surface area contributed by atoms with Crippen LogP contribution >= 0.6 is 0 Å². The van der Waals surface area contributed by atoms with Crippen molar-refractivity contribution < 1.29 is 4.74 Å². The Labute approximate surface area is 131 Å². The molecule has 0 bridgehead atoms. The molecule has 2 aromatic rings. The summed E-state index contributed by atoms with van der Waals surface area (Å²) in [7, 11) is 0. The largest absolute Gasteiger partial charge is 0.457 e. The Morgan fingerprint density at radius 1 is 0.864 bits per heavy atom. The first-order chi connectivity index (χ1) is 10.9. The number of hydrogen-bond donors (Lipinski definition) is 0. The van der Waals surface area contributed by atoms with Crippen LogP contribution in [0.15, 0.2) is 54.6 Å². The van der Waals surface area contributed by atoms with Crippen molar-refractivity contribution in [3.8, 4) is 17.6 Å². The van der Waals surface area contributed by atoms with Crippen LogP contribution in [0.1, 0.15) is 30.9 Å². The molecule has 1 aliphatic rings. The van der Waals surface area contributed by atoms with Crippen LogP contribution in [0.5, 0.6) is 11.5 Å². The first kappa shape index (κ1) is 14.6. The number of ether oxygens (including phenoxy) is 1. The number of rotatable bonds is 4. The maximum Gasteiger partial charge on any atom is 0.127 e. The van der Waals surface area contributed by atoms with Crippen LogP contribution < -0.4 is 4.74 Å². The molecule has 112 valence electrons. The lowest BCUT2D eigenvalue weighted by molar-refractivity contribution is 0.196. The van der Waals surface area contributed by atoms with Gasteiger partial charge in [-0.1, -0.05) is 36.8 Å². The third-order valence-corrected chi connectivity index (χ3v) is 4.05. The number of para-hydroxylation sites is 1. The topological polar surface area (TPSA) is 36.3 Å². The zero-order chi connectivity index (χ0) is 15.2. The quantitative estimate of drug-likeness (QED) is 0.830. The molecule has 1 fully saturated rings. The average molecular weight is 292 g/mol. The van der Waals surface area contributed by atoms with Gasteiger partial charge in [0.25, 0.3) is 0 Å². The van der Waals surface area contributed by atoms with E-state index < -0.39 is 0 Å². The molecular weight excluding hydrogens is 272 g/mol. The smallest absolute Gasteiger partial charge is 0.127 e. The third-order valence-electron chi connectivity index (χ3n) is 4.05. The Morgan fingerprint density at radius 2 is 1.50 bits per heavy atom. The Kier molecular flexibility index (Phi) is 4.72. The molecular formula is C19H20N2O. The summed E-state index contributed by atoms with van der Waals surface area (Å²) in [6.07, 6.45) is 3.65. The number of likely N-dealkylation sites (tertiary alicyclic amines) is 1. The Morgan fingerprint density at radius 3 is 2.14 bits per heavy atom. The molecule has 1 unspecified atom stereocenters. The van der Waals surface area contributed by atoms with E-state index in [0.717, 1.165) is 30.2 Å². The van der Waals surface area contributed by atoms with E-state index in [-0.39, 0.29) is 6.04 Å². The van der Waals surface area contributed by atoms with Crippen molar-refractivity contribution in [1.29, 1.82) is 5.26 Å². The van der Waals surface area contributed by atoms with Crippen molar-refractivity contribution in [2.75, 3.05) is 13.1 Å². The monoisotopic (exact) mass is 292 g/mol. The molecule has 3 nitrogen and oxygen atoms in total. The summed E-state index contributed by atoms with van der Waals surface area (Å²) >= 11 is 0. The molecule has 1 aliphatic heterocycles. The van der Waals surface area contributed by atoms with Crippen molar-refractivity contribution >= 4 is 0 Å². The van der Waals surface area contributed by atoms with Crippen molar-refractivity contribution in [3.63, 3.8) is 0 Å². The maximum atomic E-state index is 9.51. The predicted octanol–water partition coefficient (Wildman–Crippen LogP) is 4.53. The fourth-order valence-electron chi connectivity index (χ4n) is 2.89. The van der Waals surface area contributed by atoms with Crippen LogP contribution in [-0.2, 0) is 0 Å². The molecule has 0 aromatic heterocycles. The van der Waals surface area contributed by atoms with E-state index in [0.29, 0.717) is 0 Å². The lowest BCUT2D eigenvalue weighted by Crippen LogP contribution is -2.33. The molecule has 0 aliphatic carbocycles. The van der Waals surface area contributed by atoms with Gasteiger partial charge in [-0.2, -0.15) is 5.26 Å². The highest BCUT2D eigenvalue weighted by Gasteiger charge is 2.21. The predicted molar refractivity (Wildman–Crippen MR) is 86.7 cm³/mol. The van der Waals surface area contributed by atoms with Gasteiger partial charge < -0.3 is 4.74 Å². The summed E-state index contributed by atoms with van der Waals surface area (Å²) in [6.45, 7) is 2.03. The van der Waals surface area contributed by atoms with Gasteiger partial charge in [-0.15, -0.1) is 0 Å². The molecule has 0 spiro atoms. The molecule has 0 radical (unpaired) electrons. The fourth-order valence-corrected chi connectivity index (χ4v) is 2.89. The minimum Gasteiger partial charge on any atom is -0.457 e. The number of nitriles is 1. The summed E-state index contributed by atoms with van der Waals surface area (Å²) in [4.78, 5) is 2.27. The van der Waals surface area contributed by atoms with Gasteiger partial charge in [0.1, 0.15) is 17.5 Å². The molecule has 22 heavy (non-hydrogen) atoms. The number of hydrogen-bond acceptors (Lipinski definition) is 3. The minimum atomic E-state index is -0.147. The van der Waals surface area contributed by atoms with Crippen LogP contribution in [-0.4, -0.2) is 18.0 Å². The zero-order valence-electron chi connectivity index (χ0n) is 12.6.